The Morgan fingerprint density at radius 3 is 2.38 bits per heavy atom. The van der Waals surface area contributed by atoms with Crippen molar-refractivity contribution in [3.8, 4) is 0 Å². The molecule has 0 spiro atoms. The number of rotatable bonds is 7. The molecule has 21 heavy (non-hydrogen) atoms. The first-order valence-corrected chi connectivity index (χ1v) is 8.18. The highest BCUT2D eigenvalue weighted by Gasteiger charge is 2.29. The Morgan fingerprint density at radius 1 is 1.33 bits per heavy atom. The van der Waals surface area contributed by atoms with Crippen molar-refractivity contribution in [2.75, 3.05) is 12.4 Å². The molecule has 1 aromatic rings. The lowest BCUT2D eigenvalue weighted by atomic mass is 9.95. The van der Waals surface area contributed by atoms with E-state index in [4.69, 9.17) is 10.5 Å². The monoisotopic (exact) mass is 315 g/mol. The Kier molecular flexibility index (Phi) is 5.74. The van der Waals surface area contributed by atoms with E-state index in [9.17, 15) is 18.3 Å². The van der Waals surface area contributed by atoms with Crippen LogP contribution in [0.3, 0.4) is 0 Å². The molecule has 1 atom stereocenters. The van der Waals surface area contributed by atoms with Gasteiger partial charge in [-0.1, -0.05) is 18.2 Å². The standard InChI is InChI=1S/C14H21NO5S/c1-14(2,20-13(15)17)8-11(9-16)10-21(18,19)12-6-4-3-5-7-12/h3-7,11,16H,8-10H2,1-2H3,(H2,15,17). The van der Waals surface area contributed by atoms with E-state index in [1.807, 2.05) is 0 Å². The molecule has 0 fully saturated rings. The Hall–Kier alpha value is -1.60. The fourth-order valence-electron chi connectivity index (χ4n) is 2.22. The van der Waals surface area contributed by atoms with Crippen molar-refractivity contribution in [3.63, 3.8) is 0 Å². The molecule has 0 bridgehead atoms. The summed E-state index contributed by atoms with van der Waals surface area (Å²) in [6.45, 7) is 2.92. The predicted octanol–water partition coefficient (Wildman–Crippen LogP) is 1.33. The zero-order chi connectivity index (χ0) is 16.1. The van der Waals surface area contributed by atoms with Crippen LogP contribution in [0.5, 0.6) is 0 Å². The van der Waals surface area contributed by atoms with Crippen molar-refractivity contribution in [3.05, 3.63) is 30.3 Å². The molecular weight excluding hydrogens is 294 g/mol. The molecule has 0 heterocycles. The molecule has 1 amide bonds. The van der Waals surface area contributed by atoms with E-state index in [1.165, 1.54) is 12.1 Å². The van der Waals surface area contributed by atoms with Crippen LogP contribution < -0.4 is 5.73 Å². The van der Waals surface area contributed by atoms with Gasteiger partial charge >= 0.3 is 6.09 Å². The van der Waals surface area contributed by atoms with Crippen LogP contribution in [0.15, 0.2) is 35.2 Å². The Balaban J connectivity index is 2.81. The molecule has 0 aliphatic heterocycles. The molecule has 0 aliphatic carbocycles. The van der Waals surface area contributed by atoms with E-state index in [0.29, 0.717) is 0 Å². The normalized spacial score (nSPS) is 13.7. The van der Waals surface area contributed by atoms with Gasteiger partial charge in [0.15, 0.2) is 9.84 Å². The van der Waals surface area contributed by atoms with Crippen LogP contribution in [0.4, 0.5) is 4.79 Å². The zero-order valence-corrected chi connectivity index (χ0v) is 13.0. The second-order valence-electron chi connectivity index (χ2n) is 5.53. The number of ether oxygens (including phenoxy) is 1. The van der Waals surface area contributed by atoms with Crippen molar-refractivity contribution in [2.45, 2.75) is 30.8 Å². The van der Waals surface area contributed by atoms with Gasteiger partial charge < -0.3 is 15.6 Å². The van der Waals surface area contributed by atoms with E-state index < -0.39 is 27.4 Å². The summed E-state index contributed by atoms with van der Waals surface area (Å²) < 4.78 is 29.5. The van der Waals surface area contributed by atoms with Crippen molar-refractivity contribution in [2.24, 2.45) is 11.7 Å². The third-order valence-corrected chi connectivity index (χ3v) is 4.87. The summed E-state index contributed by atoms with van der Waals surface area (Å²) in [6, 6.07) is 8.03. The third-order valence-electron chi connectivity index (χ3n) is 2.97. The number of aliphatic hydroxyl groups excluding tert-OH is 1. The number of hydrogen-bond acceptors (Lipinski definition) is 5. The van der Waals surface area contributed by atoms with Gasteiger partial charge in [0, 0.05) is 12.5 Å². The van der Waals surface area contributed by atoms with E-state index >= 15 is 0 Å². The number of amides is 1. The SMILES string of the molecule is CC(C)(CC(CO)CS(=O)(=O)c1ccccc1)OC(N)=O. The Bertz CT molecular complexity index is 568. The van der Waals surface area contributed by atoms with Gasteiger partial charge in [-0.2, -0.15) is 0 Å². The van der Waals surface area contributed by atoms with Crippen molar-refractivity contribution >= 4 is 15.9 Å². The van der Waals surface area contributed by atoms with Crippen molar-refractivity contribution in [1.82, 2.24) is 0 Å². The van der Waals surface area contributed by atoms with Gasteiger partial charge in [-0.3, -0.25) is 0 Å². The molecule has 1 aromatic carbocycles. The van der Waals surface area contributed by atoms with E-state index in [0.717, 1.165) is 0 Å². The predicted molar refractivity (Wildman–Crippen MR) is 78.4 cm³/mol. The molecule has 118 valence electrons. The molecule has 0 saturated heterocycles. The lowest BCUT2D eigenvalue weighted by Gasteiger charge is -2.28. The first-order chi connectivity index (χ1) is 9.66. The minimum atomic E-state index is -3.50. The maximum absolute atomic E-state index is 12.3. The molecule has 7 heteroatoms. The quantitative estimate of drug-likeness (QED) is 0.789. The van der Waals surface area contributed by atoms with Crippen LogP contribution in [0, 0.1) is 5.92 Å². The minimum absolute atomic E-state index is 0.193. The summed E-state index contributed by atoms with van der Waals surface area (Å²) in [5.41, 5.74) is 4.03. The van der Waals surface area contributed by atoms with Gasteiger partial charge in [-0.15, -0.1) is 0 Å². The molecular formula is C14H21NO5S. The Morgan fingerprint density at radius 2 is 1.90 bits per heavy atom. The highest BCUT2D eigenvalue weighted by molar-refractivity contribution is 7.91. The summed E-state index contributed by atoms with van der Waals surface area (Å²) in [4.78, 5) is 11.0. The molecule has 1 rings (SSSR count). The highest BCUT2D eigenvalue weighted by Crippen LogP contribution is 2.23. The number of nitrogens with two attached hydrogens (primary N) is 1. The summed E-state index contributed by atoms with van der Waals surface area (Å²) in [5.74, 6) is -0.774. The van der Waals surface area contributed by atoms with E-state index in [1.54, 1.807) is 32.0 Å². The zero-order valence-electron chi connectivity index (χ0n) is 12.2. The number of carbonyl (C=O) groups excluding carboxylic acids is 1. The molecule has 6 nitrogen and oxygen atoms in total. The smallest absolute Gasteiger partial charge is 0.405 e. The lowest BCUT2D eigenvalue weighted by Crippen LogP contribution is -2.35. The number of sulfone groups is 1. The average Bonchev–Trinajstić information content (AvgIpc) is 2.36. The van der Waals surface area contributed by atoms with Crippen LogP contribution in [0.1, 0.15) is 20.3 Å². The molecule has 1 unspecified atom stereocenters. The highest BCUT2D eigenvalue weighted by atomic mass is 32.2. The summed E-state index contributed by atoms with van der Waals surface area (Å²) in [7, 11) is -3.50. The van der Waals surface area contributed by atoms with Gasteiger partial charge in [0.25, 0.3) is 0 Å². The number of carbonyl (C=O) groups is 1. The number of benzene rings is 1. The number of aliphatic hydroxyl groups is 1. The first kappa shape index (κ1) is 17.5. The number of primary amides is 1. The van der Waals surface area contributed by atoms with Crippen LogP contribution in [0.2, 0.25) is 0 Å². The van der Waals surface area contributed by atoms with Gasteiger partial charge in [-0.05, 0) is 32.4 Å². The lowest BCUT2D eigenvalue weighted by molar-refractivity contribution is 0.0217. The average molecular weight is 315 g/mol. The second-order valence-corrected chi connectivity index (χ2v) is 7.56. The Labute approximate surface area is 124 Å². The van der Waals surface area contributed by atoms with Crippen LogP contribution >= 0.6 is 0 Å². The minimum Gasteiger partial charge on any atom is -0.444 e. The maximum Gasteiger partial charge on any atom is 0.405 e. The summed E-state index contributed by atoms with van der Waals surface area (Å²) in [5, 5.41) is 9.40. The van der Waals surface area contributed by atoms with Gasteiger partial charge in [-0.25, -0.2) is 13.2 Å². The van der Waals surface area contributed by atoms with E-state index in [-0.39, 0.29) is 23.7 Å². The summed E-state index contributed by atoms with van der Waals surface area (Å²) >= 11 is 0. The molecule has 0 aliphatic rings. The fourth-order valence-corrected chi connectivity index (χ4v) is 3.83. The van der Waals surface area contributed by atoms with Gasteiger partial charge in [0.05, 0.1) is 10.6 Å². The van der Waals surface area contributed by atoms with Crippen LogP contribution in [0.25, 0.3) is 0 Å². The molecule has 3 N–H and O–H groups in total. The molecule has 0 radical (unpaired) electrons. The van der Waals surface area contributed by atoms with Crippen LogP contribution in [-0.2, 0) is 14.6 Å². The topological polar surface area (TPSA) is 107 Å². The number of hydrogen-bond donors (Lipinski definition) is 2. The largest absolute Gasteiger partial charge is 0.444 e. The van der Waals surface area contributed by atoms with Crippen molar-refractivity contribution < 1.29 is 23.1 Å². The van der Waals surface area contributed by atoms with Gasteiger partial charge in [0.2, 0.25) is 0 Å². The second kappa shape index (κ2) is 6.91. The van der Waals surface area contributed by atoms with Crippen LogP contribution in [-0.4, -0.2) is 37.6 Å². The van der Waals surface area contributed by atoms with Crippen molar-refractivity contribution in [1.29, 1.82) is 0 Å². The van der Waals surface area contributed by atoms with Gasteiger partial charge in [0.1, 0.15) is 5.60 Å². The third kappa shape index (κ3) is 5.73. The summed E-state index contributed by atoms with van der Waals surface area (Å²) in [6.07, 6.45) is -0.735. The maximum atomic E-state index is 12.3. The first-order valence-electron chi connectivity index (χ1n) is 6.53. The molecule has 0 saturated carbocycles. The molecule has 0 aromatic heterocycles. The van der Waals surface area contributed by atoms with E-state index in [2.05, 4.69) is 0 Å². The fraction of sp³-hybridized carbons (Fsp3) is 0.500.